The van der Waals surface area contributed by atoms with Gasteiger partial charge < -0.3 is 9.84 Å². The van der Waals surface area contributed by atoms with Crippen LogP contribution in [0.5, 0.6) is 0 Å². The second-order valence-electron chi connectivity index (χ2n) is 4.08. The van der Waals surface area contributed by atoms with Crippen LogP contribution in [-0.2, 0) is 19.6 Å². The molecule has 106 valence electrons. The first-order valence-corrected chi connectivity index (χ1v) is 8.51. The van der Waals surface area contributed by atoms with Gasteiger partial charge in [-0.05, 0) is 12.2 Å². The molecular formula is C10H19NO5S2. The molecule has 0 spiro atoms. The minimum Gasteiger partial charge on any atom is -0.481 e. The Balaban J connectivity index is 2.70. The Morgan fingerprint density at radius 1 is 1.56 bits per heavy atom. The lowest BCUT2D eigenvalue weighted by atomic mass is 10.3. The number of carbonyl (C=O) groups is 1. The molecule has 1 rings (SSSR count). The average molecular weight is 297 g/mol. The van der Waals surface area contributed by atoms with Crippen molar-refractivity contribution in [2.24, 2.45) is 0 Å². The van der Waals surface area contributed by atoms with Crippen LogP contribution < -0.4 is 0 Å². The molecule has 1 aliphatic heterocycles. The van der Waals surface area contributed by atoms with Crippen LogP contribution in [0.15, 0.2) is 0 Å². The van der Waals surface area contributed by atoms with Crippen molar-refractivity contribution < 1.29 is 23.1 Å². The number of methoxy groups -OCH3 is 1. The Morgan fingerprint density at radius 3 is 2.78 bits per heavy atom. The first-order valence-electron chi connectivity index (χ1n) is 5.75. The van der Waals surface area contributed by atoms with E-state index in [-0.39, 0.29) is 18.2 Å². The number of hydrogen-bond donors (Lipinski definition) is 1. The van der Waals surface area contributed by atoms with Crippen LogP contribution in [-0.4, -0.2) is 67.4 Å². The summed E-state index contributed by atoms with van der Waals surface area (Å²) in [6.45, 7) is 0.622. The second-order valence-corrected chi connectivity index (χ2v) is 7.27. The number of carboxylic acids is 1. The minimum atomic E-state index is -3.51. The zero-order valence-corrected chi connectivity index (χ0v) is 12.0. The number of ether oxygens (including phenoxy) is 1. The van der Waals surface area contributed by atoms with Gasteiger partial charge in [-0.1, -0.05) is 0 Å². The smallest absolute Gasteiger partial charge is 0.304 e. The molecule has 1 unspecified atom stereocenters. The third-order valence-corrected chi connectivity index (χ3v) is 5.82. The van der Waals surface area contributed by atoms with Crippen LogP contribution in [0.3, 0.4) is 0 Å². The molecule has 0 aromatic carbocycles. The van der Waals surface area contributed by atoms with E-state index in [0.29, 0.717) is 13.2 Å². The molecule has 18 heavy (non-hydrogen) atoms. The van der Waals surface area contributed by atoms with Crippen LogP contribution in [0.4, 0.5) is 0 Å². The van der Waals surface area contributed by atoms with Crippen LogP contribution in [0, 0.1) is 0 Å². The van der Waals surface area contributed by atoms with Crippen LogP contribution >= 0.6 is 11.8 Å². The summed E-state index contributed by atoms with van der Waals surface area (Å²) >= 11 is 1.72. The highest BCUT2D eigenvalue weighted by molar-refractivity contribution is 7.99. The Morgan fingerprint density at radius 2 is 2.28 bits per heavy atom. The molecule has 1 heterocycles. The van der Waals surface area contributed by atoms with Crippen LogP contribution in [0.1, 0.15) is 12.8 Å². The number of rotatable bonds is 8. The van der Waals surface area contributed by atoms with Crippen molar-refractivity contribution in [3.05, 3.63) is 0 Å². The molecule has 8 heteroatoms. The Hall–Kier alpha value is -0.310. The van der Waals surface area contributed by atoms with E-state index >= 15 is 0 Å². The fourth-order valence-corrected chi connectivity index (χ4v) is 4.79. The van der Waals surface area contributed by atoms with Crippen LogP contribution in [0.25, 0.3) is 0 Å². The van der Waals surface area contributed by atoms with Crippen molar-refractivity contribution in [2.75, 3.05) is 37.5 Å². The molecule has 1 atom stereocenters. The van der Waals surface area contributed by atoms with E-state index in [4.69, 9.17) is 9.84 Å². The van der Waals surface area contributed by atoms with Gasteiger partial charge in [0.1, 0.15) is 0 Å². The van der Waals surface area contributed by atoms with Crippen molar-refractivity contribution in [3.63, 3.8) is 0 Å². The molecule has 0 amide bonds. The van der Waals surface area contributed by atoms with Crippen molar-refractivity contribution in [1.82, 2.24) is 4.31 Å². The lowest BCUT2D eigenvalue weighted by Crippen LogP contribution is -2.43. The van der Waals surface area contributed by atoms with Gasteiger partial charge in [-0.25, -0.2) is 8.42 Å². The number of carboxylic acid groups (broad SMARTS) is 1. The zero-order valence-electron chi connectivity index (χ0n) is 10.4. The highest BCUT2D eigenvalue weighted by Gasteiger charge is 2.32. The molecule has 1 N–H and O–H groups in total. The summed E-state index contributed by atoms with van der Waals surface area (Å²) in [6.07, 6.45) is 0.465. The molecule has 0 saturated carbocycles. The minimum absolute atomic E-state index is 0.0241. The zero-order chi connectivity index (χ0) is 13.6. The predicted molar refractivity (Wildman–Crippen MR) is 70.4 cm³/mol. The van der Waals surface area contributed by atoms with Gasteiger partial charge in [0.15, 0.2) is 0 Å². The van der Waals surface area contributed by atoms with E-state index in [1.807, 2.05) is 0 Å². The second kappa shape index (κ2) is 7.32. The summed E-state index contributed by atoms with van der Waals surface area (Å²) in [7, 11) is -1.99. The van der Waals surface area contributed by atoms with Gasteiger partial charge in [-0.2, -0.15) is 16.1 Å². The van der Waals surface area contributed by atoms with E-state index < -0.39 is 16.0 Å². The first kappa shape index (κ1) is 15.7. The van der Waals surface area contributed by atoms with Gasteiger partial charge in [-0.15, -0.1) is 0 Å². The highest BCUT2D eigenvalue weighted by atomic mass is 32.2. The van der Waals surface area contributed by atoms with Crippen molar-refractivity contribution in [2.45, 2.75) is 18.9 Å². The number of sulfonamides is 1. The summed E-state index contributed by atoms with van der Waals surface area (Å²) in [5.74, 6) is 0.289. The third kappa shape index (κ3) is 4.75. The Kier molecular flexibility index (Phi) is 6.40. The number of nitrogens with zero attached hydrogens (tertiary/aromatic N) is 1. The molecule has 0 bridgehead atoms. The molecule has 0 aromatic heterocycles. The van der Waals surface area contributed by atoms with Crippen molar-refractivity contribution in [1.29, 1.82) is 0 Å². The SMILES string of the molecule is COCCN(C1CCSC1)S(=O)(=O)CCC(=O)O. The lowest BCUT2D eigenvalue weighted by Gasteiger charge is -2.27. The maximum absolute atomic E-state index is 12.1. The summed E-state index contributed by atoms with van der Waals surface area (Å²) < 4.78 is 30.6. The molecule has 0 radical (unpaired) electrons. The summed E-state index contributed by atoms with van der Waals surface area (Å²) in [5, 5.41) is 8.59. The van der Waals surface area contributed by atoms with Gasteiger partial charge >= 0.3 is 5.97 Å². The van der Waals surface area contributed by atoms with Crippen molar-refractivity contribution in [3.8, 4) is 0 Å². The topological polar surface area (TPSA) is 83.9 Å². The van der Waals surface area contributed by atoms with Gasteiger partial charge in [-0.3, -0.25) is 4.79 Å². The monoisotopic (exact) mass is 297 g/mol. The van der Waals surface area contributed by atoms with E-state index in [1.165, 1.54) is 11.4 Å². The molecule has 0 aromatic rings. The van der Waals surface area contributed by atoms with Crippen LogP contribution in [0.2, 0.25) is 0 Å². The number of aliphatic carboxylic acids is 1. The summed E-state index contributed by atoms with van der Waals surface area (Å²) in [6, 6.07) is -0.0241. The molecule has 6 nitrogen and oxygen atoms in total. The standard InChI is InChI=1S/C10H19NO5S2/c1-16-5-4-11(9-2-6-17-8-9)18(14,15)7-3-10(12)13/h9H,2-8H2,1H3,(H,12,13). The maximum Gasteiger partial charge on any atom is 0.304 e. The fourth-order valence-electron chi connectivity index (χ4n) is 1.81. The third-order valence-electron chi connectivity index (χ3n) is 2.76. The lowest BCUT2D eigenvalue weighted by molar-refractivity contribution is -0.136. The van der Waals surface area contributed by atoms with Gasteiger partial charge in [0, 0.05) is 25.4 Å². The van der Waals surface area contributed by atoms with E-state index in [0.717, 1.165) is 17.9 Å². The van der Waals surface area contributed by atoms with E-state index in [9.17, 15) is 13.2 Å². The number of hydrogen-bond acceptors (Lipinski definition) is 5. The summed E-state index contributed by atoms with van der Waals surface area (Å²) in [5.41, 5.74) is 0. The first-order chi connectivity index (χ1) is 8.47. The Bertz CT molecular complexity index is 364. The van der Waals surface area contributed by atoms with Gasteiger partial charge in [0.25, 0.3) is 0 Å². The Labute approximate surface area is 112 Å². The highest BCUT2D eigenvalue weighted by Crippen LogP contribution is 2.24. The fraction of sp³-hybridized carbons (Fsp3) is 0.900. The average Bonchev–Trinajstić information content (AvgIpc) is 2.80. The number of thioether (sulfide) groups is 1. The summed E-state index contributed by atoms with van der Waals surface area (Å²) in [4.78, 5) is 10.5. The maximum atomic E-state index is 12.1. The normalized spacial score (nSPS) is 20.4. The quantitative estimate of drug-likeness (QED) is 0.691. The molecule has 1 fully saturated rings. The van der Waals surface area contributed by atoms with E-state index in [2.05, 4.69) is 0 Å². The predicted octanol–water partition coefficient (Wildman–Crippen LogP) is 0.245. The van der Waals surface area contributed by atoms with E-state index in [1.54, 1.807) is 11.8 Å². The molecule has 1 saturated heterocycles. The molecule has 0 aliphatic carbocycles. The molecular weight excluding hydrogens is 278 g/mol. The van der Waals surface area contributed by atoms with Gasteiger partial charge in [0.2, 0.25) is 10.0 Å². The van der Waals surface area contributed by atoms with Gasteiger partial charge in [0.05, 0.1) is 18.8 Å². The van der Waals surface area contributed by atoms with Crippen molar-refractivity contribution >= 4 is 27.8 Å². The largest absolute Gasteiger partial charge is 0.481 e. The molecule has 1 aliphatic rings.